The van der Waals surface area contributed by atoms with Crippen LogP contribution in [0.1, 0.15) is 11.1 Å². The maximum absolute atomic E-state index is 13.5. The molecule has 0 aliphatic carbocycles. The fraction of sp³-hybridized carbons (Fsp3) is 0.250. The Kier molecular flexibility index (Phi) is 5.98. The van der Waals surface area contributed by atoms with Crippen LogP contribution in [0.15, 0.2) is 42.5 Å². The fourth-order valence-corrected chi connectivity index (χ4v) is 3.21. The van der Waals surface area contributed by atoms with E-state index in [1.165, 1.54) is 18.2 Å². The average Bonchev–Trinajstić information content (AvgIpc) is 2.49. The number of hydrogen-bond acceptors (Lipinski definition) is 3. The second-order valence-corrected chi connectivity index (χ2v) is 7.22. The van der Waals surface area contributed by atoms with Crippen LogP contribution in [-0.2, 0) is 15.8 Å². The molecule has 23 heavy (non-hydrogen) atoms. The molecule has 7 heteroatoms. The molecule has 0 saturated carbocycles. The largest absolute Gasteiger partial charge is 0.492 e. The highest BCUT2D eigenvalue weighted by molar-refractivity contribution is 7.88. The van der Waals surface area contributed by atoms with Crippen molar-refractivity contribution in [1.82, 2.24) is 4.72 Å². The summed E-state index contributed by atoms with van der Waals surface area (Å²) in [4.78, 5) is 0. The van der Waals surface area contributed by atoms with Crippen LogP contribution in [0.4, 0.5) is 4.39 Å². The van der Waals surface area contributed by atoms with Crippen LogP contribution in [0.5, 0.6) is 5.75 Å². The summed E-state index contributed by atoms with van der Waals surface area (Å²) in [6.07, 6.45) is 0. The van der Waals surface area contributed by atoms with Gasteiger partial charge in [0.1, 0.15) is 18.2 Å². The van der Waals surface area contributed by atoms with Crippen LogP contribution < -0.4 is 9.46 Å². The van der Waals surface area contributed by atoms with Crippen molar-refractivity contribution in [1.29, 1.82) is 0 Å². The normalized spacial score (nSPS) is 11.4. The lowest BCUT2D eigenvalue weighted by Crippen LogP contribution is -2.29. The first-order valence-corrected chi connectivity index (χ1v) is 9.00. The van der Waals surface area contributed by atoms with E-state index in [0.717, 1.165) is 5.56 Å². The smallest absolute Gasteiger partial charge is 0.216 e. The fourth-order valence-electron chi connectivity index (χ4n) is 1.90. The van der Waals surface area contributed by atoms with E-state index >= 15 is 0 Å². The Labute approximate surface area is 140 Å². The molecular weight excluding hydrogens is 341 g/mol. The first kappa shape index (κ1) is 17.7. The third kappa shape index (κ3) is 5.49. The average molecular weight is 358 g/mol. The number of ether oxygens (including phenoxy) is 1. The van der Waals surface area contributed by atoms with Gasteiger partial charge in [0.25, 0.3) is 0 Å². The van der Waals surface area contributed by atoms with Crippen LogP contribution in [-0.4, -0.2) is 21.6 Å². The van der Waals surface area contributed by atoms with Crippen molar-refractivity contribution in [2.75, 3.05) is 13.2 Å². The highest BCUT2D eigenvalue weighted by atomic mass is 35.5. The third-order valence-corrected chi connectivity index (χ3v) is 4.88. The van der Waals surface area contributed by atoms with E-state index < -0.39 is 21.6 Å². The molecule has 0 heterocycles. The topological polar surface area (TPSA) is 55.4 Å². The van der Waals surface area contributed by atoms with E-state index in [2.05, 4.69) is 4.72 Å². The number of hydrogen-bond donors (Lipinski definition) is 1. The van der Waals surface area contributed by atoms with Gasteiger partial charge >= 0.3 is 0 Å². The molecule has 2 aromatic rings. The zero-order chi connectivity index (χ0) is 16.9. The highest BCUT2D eigenvalue weighted by Gasteiger charge is 2.13. The molecule has 0 amide bonds. The SMILES string of the molecule is Cc1ccc(OCCNS(=O)(=O)Cc2ccccc2F)cc1Cl. The minimum absolute atomic E-state index is 0.0856. The van der Waals surface area contributed by atoms with Crippen molar-refractivity contribution in [3.05, 3.63) is 64.4 Å². The van der Waals surface area contributed by atoms with Gasteiger partial charge in [0.2, 0.25) is 10.0 Å². The molecule has 0 fully saturated rings. The van der Waals surface area contributed by atoms with Gasteiger partial charge in [-0.15, -0.1) is 0 Å². The number of halogens is 2. The van der Waals surface area contributed by atoms with Crippen molar-refractivity contribution in [2.24, 2.45) is 0 Å². The van der Waals surface area contributed by atoms with Gasteiger partial charge in [-0.1, -0.05) is 35.9 Å². The summed E-state index contributed by atoms with van der Waals surface area (Å²) in [6.45, 7) is 2.11. The van der Waals surface area contributed by atoms with Crippen molar-refractivity contribution >= 4 is 21.6 Å². The van der Waals surface area contributed by atoms with Gasteiger partial charge in [0.15, 0.2) is 0 Å². The maximum atomic E-state index is 13.5. The second-order valence-electron chi connectivity index (χ2n) is 5.00. The van der Waals surface area contributed by atoms with Gasteiger partial charge in [0, 0.05) is 17.1 Å². The van der Waals surface area contributed by atoms with E-state index in [4.69, 9.17) is 16.3 Å². The molecule has 0 radical (unpaired) electrons. The molecule has 0 bridgehead atoms. The van der Waals surface area contributed by atoms with Gasteiger partial charge < -0.3 is 4.74 Å². The van der Waals surface area contributed by atoms with Crippen LogP contribution in [0.25, 0.3) is 0 Å². The highest BCUT2D eigenvalue weighted by Crippen LogP contribution is 2.21. The maximum Gasteiger partial charge on any atom is 0.216 e. The molecule has 2 aromatic carbocycles. The van der Waals surface area contributed by atoms with Crippen LogP contribution in [0, 0.1) is 12.7 Å². The lowest BCUT2D eigenvalue weighted by Gasteiger charge is -2.10. The Morgan fingerprint density at radius 1 is 1.22 bits per heavy atom. The monoisotopic (exact) mass is 357 g/mol. The van der Waals surface area contributed by atoms with Gasteiger partial charge in [-0.05, 0) is 30.7 Å². The van der Waals surface area contributed by atoms with Crippen molar-refractivity contribution in [3.63, 3.8) is 0 Å². The number of benzene rings is 2. The predicted octanol–water partition coefficient (Wildman–Crippen LogP) is 3.29. The molecule has 124 valence electrons. The van der Waals surface area contributed by atoms with E-state index in [1.54, 1.807) is 18.2 Å². The molecule has 0 spiro atoms. The molecule has 2 rings (SSSR count). The lowest BCUT2D eigenvalue weighted by atomic mass is 10.2. The quantitative estimate of drug-likeness (QED) is 0.774. The van der Waals surface area contributed by atoms with Crippen molar-refractivity contribution < 1.29 is 17.5 Å². The summed E-state index contributed by atoms with van der Waals surface area (Å²) >= 11 is 5.98. The molecule has 1 N–H and O–H groups in total. The third-order valence-electron chi connectivity index (χ3n) is 3.14. The molecule has 0 aliphatic heterocycles. The van der Waals surface area contributed by atoms with Crippen LogP contribution in [0.2, 0.25) is 5.02 Å². The number of sulfonamides is 1. The Bertz CT molecular complexity index is 781. The van der Waals surface area contributed by atoms with E-state index in [1.807, 2.05) is 13.0 Å². The summed E-state index contributed by atoms with van der Waals surface area (Å²) in [5, 5.41) is 0.586. The molecule has 0 aromatic heterocycles. The summed E-state index contributed by atoms with van der Waals surface area (Å²) in [5.41, 5.74) is 1.07. The first-order valence-electron chi connectivity index (χ1n) is 6.97. The molecule has 0 saturated heterocycles. The van der Waals surface area contributed by atoms with Crippen molar-refractivity contribution in [3.8, 4) is 5.75 Å². The van der Waals surface area contributed by atoms with E-state index in [-0.39, 0.29) is 18.7 Å². The zero-order valence-corrected chi connectivity index (χ0v) is 14.1. The zero-order valence-electron chi connectivity index (χ0n) is 12.6. The van der Waals surface area contributed by atoms with E-state index in [0.29, 0.717) is 10.8 Å². The first-order chi connectivity index (χ1) is 10.9. The van der Waals surface area contributed by atoms with Gasteiger partial charge in [-0.3, -0.25) is 0 Å². The number of rotatable bonds is 7. The predicted molar refractivity (Wildman–Crippen MR) is 88.7 cm³/mol. The number of nitrogens with one attached hydrogen (secondary N) is 1. The lowest BCUT2D eigenvalue weighted by molar-refractivity contribution is 0.323. The number of aryl methyl sites for hydroxylation is 1. The minimum atomic E-state index is -3.62. The molecule has 4 nitrogen and oxygen atoms in total. The van der Waals surface area contributed by atoms with Gasteiger partial charge in [0.05, 0.1) is 5.75 Å². The Morgan fingerprint density at radius 2 is 1.96 bits per heavy atom. The van der Waals surface area contributed by atoms with Crippen LogP contribution in [0.3, 0.4) is 0 Å². The molecule has 0 aliphatic rings. The van der Waals surface area contributed by atoms with Crippen LogP contribution >= 0.6 is 11.6 Å². The van der Waals surface area contributed by atoms with Gasteiger partial charge in [-0.2, -0.15) is 0 Å². The Hall–Kier alpha value is -1.63. The minimum Gasteiger partial charge on any atom is -0.492 e. The van der Waals surface area contributed by atoms with Gasteiger partial charge in [-0.25, -0.2) is 17.5 Å². The van der Waals surface area contributed by atoms with E-state index in [9.17, 15) is 12.8 Å². The standard InChI is InChI=1S/C16H17ClFNO3S/c1-12-6-7-14(10-15(12)17)22-9-8-19-23(20,21)11-13-4-2-3-5-16(13)18/h2-7,10,19H,8-9,11H2,1H3. The van der Waals surface area contributed by atoms with Crippen molar-refractivity contribution in [2.45, 2.75) is 12.7 Å². The molecule has 0 atom stereocenters. The molecular formula is C16H17ClFNO3S. The second kappa shape index (κ2) is 7.77. The summed E-state index contributed by atoms with van der Waals surface area (Å²) < 4.78 is 45.1. The Morgan fingerprint density at radius 3 is 2.65 bits per heavy atom. The summed E-state index contributed by atoms with van der Waals surface area (Å²) in [7, 11) is -3.62. The molecule has 0 unspecified atom stereocenters. The summed E-state index contributed by atoms with van der Waals surface area (Å²) in [6, 6.07) is 11.0. The summed E-state index contributed by atoms with van der Waals surface area (Å²) in [5.74, 6) is -0.381. The Balaban J connectivity index is 1.83.